The van der Waals surface area contributed by atoms with Gasteiger partial charge in [0.05, 0.1) is 10.7 Å². The number of benzene rings is 4. The van der Waals surface area contributed by atoms with Crippen LogP contribution in [0.3, 0.4) is 0 Å². The van der Waals surface area contributed by atoms with Crippen LogP contribution >= 0.6 is 11.6 Å². The van der Waals surface area contributed by atoms with Gasteiger partial charge in [-0.2, -0.15) is 0 Å². The van der Waals surface area contributed by atoms with E-state index in [0.717, 1.165) is 33.9 Å². The maximum Gasteiger partial charge on any atom is 0.262 e. The average Bonchev–Trinajstić information content (AvgIpc) is 3.31. The molecule has 1 heterocycles. The summed E-state index contributed by atoms with van der Waals surface area (Å²) in [5.41, 5.74) is 3.95. The fourth-order valence-electron chi connectivity index (χ4n) is 3.96. The highest BCUT2D eigenvalue weighted by Crippen LogP contribution is 2.32. The number of nitrogens with zero attached hydrogens (tertiary/aromatic N) is 1. The zero-order chi connectivity index (χ0) is 24.4. The number of ether oxygens (including phenoxy) is 1. The molecule has 1 atom stereocenters. The van der Waals surface area contributed by atoms with Crippen molar-refractivity contribution >= 4 is 45.1 Å². The first-order chi connectivity index (χ1) is 17.0. The topological polar surface area (TPSA) is 64.4 Å². The number of hydrogen-bond acceptors (Lipinski definition) is 4. The lowest BCUT2D eigenvalue weighted by Gasteiger charge is -2.10. The molecule has 35 heavy (non-hydrogen) atoms. The monoisotopic (exact) mass is 484 g/mol. The molecule has 176 valence electrons. The number of aromatic nitrogens is 1. The Hall–Kier alpha value is -3.83. The number of carbonyl (C=O) groups is 1. The van der Waals surface area contributed by atoms with Crippen molar-refractivity contribution in [3.63, 3.8) is 0 Å². The van der Waals surface area contributed by atoms with Crippen molar-refractivity contribution < 1.29 is 13.9 Å². The van der Waals surface area contributed by atoms with E-state index in [0.29, 0.717) is 28.3 Å². The molecule has 6 heteroatoms. The molecule has 5 aromatic rings. The predicted molar refractivity (Wildman–Crippen MR) is 141 cm³/mol. The lowest BCUT2D eigenvalue weighted by Crippen LogP contribution is -2.20. The van der Waals surface area contributed by atoms with Gasteiger partial charge >= 0.3 is 0 Å². The van der Waals surface area contributed by atoms with Gasteiger partial charge in [0.2, 0.25) is 5.89 Å². The number of carbonyl (C=O) groups excluding carboxylic acids is 1. The van der Waals surface area contributed by atoms with Crippen molar-refractivity contribution in [2.75, 3.05) is 11.9 Å². The normalized spacial score (nSPS) is 12.1. The van der Waals surface area contributed by atoms with Gasteiger partial charge in [-0.3, -0.25) is 4.79 Å². The molecule has 1 N–H and O–H groups in total. The van der Waals surface area contributed by atoms with Gasteiger partial charge in [0.25, 0.3) is 5.91 Å². The fraction of sp³-hybridized carbons (Fsp3) is 0.172. The summed E-state index contributed by atoms with van der Waals surface area (Å²) in [4.78, 5) is 17.3. The van der Waals surface area contributed by atoms with Crippen LogP contribution in [0, 0.1) is 0 Å². The highest BCUT2D eigenvalue weighted by atomic mass is 35.5. The molecule has 5 rings (SSSR count). The number of rotatable bonds is 7. The largest absolute Gasteiger partial charge is 0.484 e. The SMILES string of the molecule is CCC(C)c1ccc2oc(-c3ccc(Cl)c(NC(=O)COc4ccc5ccccc5c4)c3)nc2c1. The molecule has 0 saturated heterocycles. The van der Waals surface area contributed by atoms with Crippen LogP contribution in [0.25, 0.3) is 33.3 Å². The quantitative estimate of drug-likeness (QED) is 0.255. The molecule has 0 saturated carbocycles. The van der Waals surface area contributed by atoms with Crippen LogP contribution in [0.1, 0.15) is 31.7 Å². The van der Waals surface area contributed by atoms with Crippen molar-refractivity contribution in [1.82, 2.24) is 4.98 Å². The lowest BCUT2D eigenvalue weighted by molar-refractivity contribution is -0.118. The summed E-state index contributed by atoms with van der Waals surface area (Å²) in [6.45, 7) is 4.22. The van der Waals surface area contributed by atoms with Crippen LogP contribution in [0.4, 0.5) is 5.69 Å². The van der Waals surface area contributed by atoms with E-state index >= 15 is 0 Å². The summed E-state index contributed by atoms with van der Waals surface area (Å²) in [6.07, 6.45) is 1.06. The number of fused-ring (bicyclic) bond motifs is 2. The fourth-order valence-corrected chi connectivity index (χ4v) is 4.12. The first-order valence-corrected chi connectivity index (χ1v) is 12.0. The maximum absolute atomic E-state index is 12.6. The number of anilines is 1. The number of oxazole rings is 1. The van der Waals surface area contributed by atoms with E-state index in [4.69, 9.17) is 20.8 Å². The Labute approximate surface area is 208 Å². The molecule has 0 aliphatic carbocycles. The van der Waals surface area contributed by atoms with Crippen LogP contribution < -0.4 is 10.1 Å². The Morgan fingerprint density at radius 1 is 1.03 bits per heavy atom. The van der Waals surface area contributed by atoms with Gasteiger partial charge in [-0.15, -0.1) is 0 Å². The molecule has 0 radical (unpaired) electrons. The molecule has 0 fully saturated rings. The summed E-state index contributed by atoms with van der Waals surface area (Å²) >= 11 is 6.35. The minimum absolute atomic E-state index is 0.139. The van der Waals surface area contributed by atoms with Crippen molar-refractivity contribution in [2.45, 2.75) is 26.2 Å². The van der Waals surface area contributed by atoms with Crippen molar-refractivity contribution in [3.05, 3.63) is 89.4 Å². The Kier molecular flexibility index (Phi) is 6.43. The van der Waals surface area contributed by atoms with Crippen LogP contribution in [0.2, 0.25) is 5.02 Å². The minimum Gasteiger partial charge on any atom is -0.484 e. The second-order valence-corrected chi connectivity index (χ2v) is 9.00. The molecule has 0 spiro atoms. The number of amides is 1. The Bertz CT molecular complexity index is 1530. The second kappa shape index (κ2) is 9.80. The molecule has 1 unspecified atom stereocenters. The Morgan fingerprint density at radius 2 is 1.86 bits per heavy atom. The lowest BCUT2D eigenvalue weighted by atomic mass is 9.98. The van der Waals surface area contributed by atoms with E-state index in [2.05, 4.69) is 36.3 Å². The number of hydrogen-bond donors (Lipinski definition) is 1. The van der Waals surface area contributed by atoms with Crippen LogP contribution in [0.15, 0.2) is 83.3 Å². The third-order valence-corrected chi connectivity index (χ3v) is 6.50. The van der Waals surface area contributed by atoms with E-state index in [1.165, 1.54) is 5.56 Å². The molecule has 4 aromatic carbocycles. The van der Waals surface area contributed by atoms with Crippen LogP contribution in [0.5, 0.6) is 5.75 Å². The third kappa shape index (κ3) is 5.00. The summed E-state index contributed by atoms with van der Waals surface area (Å²) in [6, 6.07) is 25.1. The van der Waals surface area contributed by atoms with Gasteiger partial charge in [0, 0.05) is 5.56 Å². The molecular formula is C29H25ClN2O3. The first-order valence-electron chi connectivity index (χ1n) is 11.6. The number of nitrogens with one attached hydrogen (secondary N) is 1. The Morgan fingerprint density at radius 3 is 2.69 bits per heavy atom. The molecule has 5 nitrogen and oxygen atoms in total. The number of halogens is 1. The van der Waals surface area contributed by atoms with Gasteiger partial charge < -0.3 is 14.5 Å². The first kappa shape index (κ1) is 22.9. The van der Waals surface area contributed by atoms with Crippen molar-refractivity contribution in [2.24, 2.45) is 0 Å². The van der Waals surface area contributed by atoms with Crippen LogP contribution in [-0.2, 0) is 4.79 Å². The Balaban J connectivity index is 1.31. The summed E-state index contributed by atoms with van der Waals surface area (Å²) in [5.74, 6) is 1.24. The van der Waals surface area contributed by atoms with E-state index in [1.54, 1.807) is 12.1 Å². The molecule has 0 bridgehead atoms. The van der Waals surface area contributed by atoms with Gasteiger partial charge in [-0.1, -0.05) is 61.8 Å². The van der Waals surface area contributed by atoms with Gasteiger partial charge in [0.15, 0.2) is 12.2 Å². The van der Waals surface area contributed by atoms with E-state index in [9.17, 15) is 4.79 Å². The molecule has 1 amide bonds. The second-order valence-electron chi connectivity index (χ2n) is 8.60. The summed E-state index contributed by atoms with van der Waals surface area (Å²) in [5, 5.41) is 5.41. The van der Waals surface area contributed by atoms with E-state index < -0.39 is 0 Å². The highest BCUT2D eigenvalue weighted by molar-refractivity contribution is 6.33. The van der Waals surface area contributed by atoms with Gasteiger partial charge in [-0.05, 0) is 71.1 Å². The maximum atomic E-state index is 12.6. The average molecular weight is 485 g/mol. The predicted octanol–water partition coefficient (Wildman–Crippen LogP) is 7.83. The van der Waals surface area contributed by atoms with Gasteiger partial charge in [-0.25, -0.2) is 4.98 Å². The van der Waals surface area contributed by atoms with Crippen LogP contribution in [-0.4, -0.2) is 17.5 Å². The van der Waals surface area contributed by atoms with E-state index in [-0.39, 0.29) is 12.5 Å². The third-order valence-electron chi connectivity index (χ3n) is 6.17. The van der Waals surface area contributed by atoms with Crippen molar-refractivity contribution in [3.8, 4) is 17.2 Å². The highest BCUT2D eigenvalue weighted by Gasteiger charge is 2.14. The summed E-state index contributed by atoms with van der Waals surface area (Å²) in [7, 11) is 0. The smallest absolute Gasteiger partial charge is 0.262 e. The standard InChI is InChI=1S/C29H25ClN2O3/c1-3-18(2)20-10-13-27-26(15-20)32-29(35-27)22-9-12-24(30)25(16-22)31-28(33)17-34-23-11-8-19-6-4-5-7-21(19)14-23/h4-16,18H,3,17H2,1-2H3,(H,31,33). The molecular weight excluding hydrogens is 460 g/mol. The molecule has 1 aromatic heterocycles. The van der Waals surface area contributed by atoms with Crippen molar-refractivity contribution in [1.29, 1.82) is 0 Å². The van der Waals surface area contributed by atoms with E-state index in [1.807, 2.05) is 54.6 Å². The molecule has 0 aliphatic heterocycles. The van der Waals surface area contributed by atoms with Gasteiger partial charge in [0.1, 0.15) is 11.3 Å². The molecule has 0 aliphatic rings. The minimum atomic E-state index is -0.312. The zero-order valence-corrected chi connectivity index (χ0v) is 20.3. The summed E-state index contributed by atoms with van der Waals surface area (Å²) < 4.78 is 11.7. The zero-order valence-electron chi connectivity index (χ0n) is 19.5.